The highest BCUT2D eigenvalue weighted by Crippen LogP contribution is 2.76. The van der Waals surface area contributed by atoms with Crippen molar-refractivity contribution in [2.24, 2.45) is 50.2 Å². The normalized spacial score (nSPS) is 55.0. The van der Waals surface area contributed by atoms with Gasteiger partial charge >= 0.3 is 11.9 Å². The average Bonchev–Trinajstić information content (AvgIpc) is 0.672. The molecule has 5 aliphatic carbocycles. The number of allylic oxidation sites excluding steroid dienone is 2. The van der Waals surface area contributed by atoms with E-state index in [1.165, 1.54) is 13.8 Å². The van der Waals surface area contributed by atoms with Crippen molar-refractivity contribution in [1.29, 1.82) is 0 Å². The zero-order valence-electron chi connectivity index (χ0n) is 54.9. The van der Waals surface area contributed by atoms with E-state index in [4.69, 9.17) is 56.8 Å². The fraction of sp³-hybridized carbons (Fsp3) is 0.922. The molecule has 0 aromatic rings. The Morgan fingerprint density at radius 2 is 1.10 bits per heavy atom. The first kappa shape index (κ1) is 74.5. The Kier molecular flexibility index (Phi) is 21.3. The molecule has 6 saturated heterocycles. The van der Waals surface area contributed by atoms with Crippen LogP contribution in [0.4, 0.5) is 0 Å². The molecule has 0 aromatic heterocycles. The molecule has 10 fully saturated rings. The van der Waals surface area contributed by atoms with Crippen LogP contribution >= 0.6 is 0 Å². The molecule has 0 bridgehead atoms. The van der Waals surface area contributed by atoms with Crippen LogP contribution in [0.5, 0.6) is 0 Å². The molecule has 96 heavy (non-hydrogen) atoms. The standard InChI is InChI=1S/C64H100O32/c1-23-34(70)39(75)49(94-54-44(80)40(76)46(24(2)88-54)91-52-41(77)35(71)27(67)20-85-52)56(87-23)96-58(84)64-16-15-59(3,4)17-26(64)25-9-10-31-60(5)13-12-33(61(6,22-66)30(60)11-14-62(31,7)63(25,8)18-32(64)69)90-57-50(95-55-43(79)38(74)37(73)29(19-65)89-55)47(45(81)48(93-57)51(82)83)92-53-42(78)36(72)28(68)21-86-53/h9,22-24,26-50,52-57,65,67-81H,10-21H2,1-8H3,(H,82,83)/t23-,24+,26+,27-,28-,29-,30-,31-,32-,33+,34+,35+,36+,37+,38+,39+,40+,41-,42-,43-,44-,45+,46+,47+,48+,49-,50-,52+,53+,54+,55+,56+,57-,60+,61+,62-,63-,64-/m1/s1. The van der Waals surface area contributed by atoms with Crippen molar-refractivity contribution in [3.63, 3.8) is 0 Å². The van der Waals surface area contributed by atoms with Crippen molar-refractivity contribution in [2.75, 3.05) is 19.8 Å². The van der Waals surface area contributed by atoms with Crippen molar-refractivity contribution in [1.82, 2.24) is 0 Å². The smallest absolute Gasteiger partial charge is 0.335 e. The minimum Gasteiger partial charge on any atom is -0.479 e. The lowest BCUT2D eigenvalue weighted by Crippen LogP contribution is -2.69. The second-order valence-corrected chi connectivity index (χ2v) is 30.8. The predicted molar refractivity (Wildman–Crippen MR) is 316 cm³/mol. The Bertz CT molecular complexity index is 2800. The van der Waals surface area contributed by atoms with Gasteiger partial charge in [-0.05, 0) is 111 Å². The molecule has 0 spiro atoms. The van der Waals surface area contributed by atoms with Gasteiger partial charge in [-0.1, -0.05) is 53.2 Å². The number of carbonyl (C=O) groups is 3. The Balaban J connectivity index is 0.855. The second kappa shape index (κ2) is 27.5. The fourth-order valence-corrected chi connectivity index (χ4v) is 18.8. The van der Waals surface area contributed by atoms with Gasteiger partial charge < -0.3 is 148 Å². The first-order chi connectivity index (χ1) is 44.9. The summed E-state index contributed by atoms with van der Waals surface area (Å²) in [6.07, 6.45) is -46.2. The zero-order chi connectivity index (χ0) is 70.2. The summed E-state index contributed by atoms with van der Waals surface area (Å²) in [6, 6.07) is 0. The average molecular weight is 1380 g/mol. The molecule has 0 radical (unpaired) electrons. The van der Waals surface area contributed by atoms with Gasteiger partial charge in [0.1, 0.15) is 122 Å². The first-order valence-electron chi connectivity index (χ1n) is 33.5. The van der Waals surface area contributed by atoms with E-state index in [-0.39, 0.29) is 30.6 Å². The van der Waals surface area contributed by atoms with E-state index in [1.54, 1.807) is 6.92 Å². The number of carboxylic acids is 1. The van der Waals surface area contributed by atoms with Gasteiger partial charge in [0.15, 0.2) is 43.7 Å². The fourth-order valence-electron chi connectivity index (χ4n) is 18.8. The van der Waals surface area contributed by atoms with Crippen LogP contribution in [0.1, 0.15) is 113 Å². The van der Waals surface area contributed by atoms with Crippen LogP contribution in [0.15, 0.2) is 11.6 Å². The molecule has 11 rings (SSSR count). The number of fused-ring (bicyclic) bond motifs is 7. The third kappa shape index (κ3) is 12.4. The number of hydrogen-bond donors (Lipinski definition) is 17. The van der Waals surface area contributed by atoms with Gasteiger partial charge in [-0.3, -0.25) is 4.79 Å². The summed E-state index contributed by atoms with van der Waals surface area (Å²) < 4.78 is 71.8. The maximum Gasteiger partial charge on any atom is 0.335 e. The second-order valence-electron chi connectivity index (χ2n) is 30.8. The van der Waals surface area contributed by atoms with Gasteiger partial charge in [-0.25, -0.2) is 4.79 Å². The maximum atomic E-state index is 15.6. The Labute approximate surface area is 553 Å². The summed E-state index contributed by atoms with van der Waals surface area (Å²) in [5.41, 5.74) is -4.61. The highest BCUT2D eigenvalue weighted by atomic mass is 16.8. The molecule has 0 aromatic carbocycles. The number of carboxylic acid groups (broad SMARTS) is 1. The number of aliphatic hydroxyl groups is 16. The van der Waals surface area contributed by atoms with E-state index in [1.807, 2.05) is 0 Å². The summed E-state index contributed by atoms with van der Waals surface area (Å²) in [5, 5.41) is 186. The van der Waals surface area contributed by atoms with E-state index in [9.17, 15) is 96.4 Å². The third-order valence-corrected chi connectivity index (χ3v) is 24.7. The van der Waals surface area contributed by atoms with E-state index in [0.717, 1.165) is 11.9 Å². The van der Waals surface area contributed by atoms with Gasteiger partial charge in [0.2, 0.25) is 6.29 Å². The lowest BCUT2D eigenvalue weighted by atomic mass is 9.33. The number of rotatable bonds is 15. The van der Waals surface area contributed by atoms with Gasteiger partial charge in [-0.15, -0.1) is 0 Å². The molecule has 548 valence electrons. The molecule has 4 saturated carbocycles. The first-order valence-corrected chi connectivity index (χ1v) is 33.5. The molecule has 32 nitrogen and oxygen atoms in total. The lowest BCUT2D eigenvalue weighted by molar-refractivity contribution is -0.391. The van der Waals surface area contributed by atoms with Crippen LogP contribution in [0.2, 0.25) is 0 Å². The minimum absolute atomic E-state index is 0.0687. The van der Waals surface area contributed by atoms with Gasteiger partial charge in [0.05, 0.1) is 49.7 Å². The van der Waals surface area contributed by atoms with Gasteiger partial charge in [-0.2, -0.15) is 0 Å². The topological polar surface area (TPSA) is 506 Å². The summed E-state index contributed by atoms with van der Waals surface area (Å²) in [6.45, 7) is 13.3. The highest BCUT2D eigenvalue weighted by molar-refractivity contribution is 5.80. The summed E-state index contributed by atoms with van der Waals surface area (Å²) in [7, 11) is 0. The van der Waals surface area contributed by atoms with Gasteiger partial charge in [0.25, 0.3) is 0 Å². The SMILES string of the molecule is C[C@@H]1O[C@@H](O[C@H]2[C@H](OC(=O)[C@]34CCC(C)(C)C[C@H]3C3=CC[C@@H]5[C@@]6(C)CC[C@H](O[C@@H]7O[C@H](C(=O)O)[C@@H](O)[C@H](O[C@@H]8OC[C@@H](O)[C@H](O)[C@H]8O)[C@H]7O[C@@H]7O[C@H](CO)[C@H](O)[C@H](O)[C@H]7O)[C@@](C)(C=O)[C@@H]6CC[C@@]5(C)[C@]3(C)C[C@H]4O)O[C@H](C)[C@H](O)[C@@H]2O)[C@H](O)[C@H](O)[C@H]1O[C@@H]1OC[C@@H](O)[C@H](O)[C@H]1O. The molecule has 38 atom stereocenters. The van der Waals surface area contributed by atoms with Crippen molar-refractivity contribution in [2.45, 2.75) is 297 Å². The maximum absolute atomic E-state index is 15.6. The number of ether oxygens (including phenoxy) is 12. The molecule has 32 heteroatoms. The largest absolute Gasteiger partial charge is 0.479 e. The molecule has 6 heterocycles. The number of hydrogen-bond acceptors (Lipinski definition) is 31. The van der Waals surface area contributed by atoms with Crippen LogP contribution in [0, 0.1) is 50.2 Å². The predicted octanol–water partition coefficient (Wildman–Crippen LogP) is -4.81. The molecular formula is C64H100O32. The van der Waals surface area contributed by atoms with E-state index >= 15 is 4.79 Å². The lowest BCUT2D eigenvalue weighted by Gasteiger charge is -2.71. The highest BCUT2D eigenvalue weighted by Gasteiger charge is 2.73. The third-order valence-electron chi connectivity index (χ3n) is 24.7. The Morgan fingerprint density at radius 1 is 0.542 bits per heavy atom. The minimum atomic E-state index is -2.21. The monoisotopic (exact) mass is 1380 g/mol. The molecule has 0 unspecified atom stereocenters. The number of aldehydes is 1. The van der Waals surface area contributed by atoms with Crippen molar-refractivity contribution >= 4 is 18.2 Å². The molecule has 6 aliphatic heterocycles. The molecule has 11 aliphatic rings. The van der Waals surface area contributed by atoms with Crippen molar-refractivity contribution < 1.29 is 158 Å². The van der Waals surface area contributed by atoms with Crippen molar-refractivity contribution in [3.8, 4) is 0 Å². The van der Waals surface area contributed by atoms with Crippen LogP contribution < -0.4 is 0 Å². The quantitative estimate of drug-likeness (QED) is 0.0317. The Morgan fingerprint density at radius 3 is 1.72 bits per heavy atom. The number of aliphatic carboxylic acids is 1. The van der Waals surface area contributed by atoms with Crippen LogP contribution in [0.25, 0.3) is 0 Å². The number of carbonyl (C=O) groups excluding carboxylic acids is 2. The van der Waals surface area contributed by atoms with Crippen LogP contribution in [-0.2, 0) is 71.2 Å². The van der Waals surface area contributed by atoms with Gasteiger partial charge in [0, 0.05) is 0 Å². The van der Waals surface area contributed by atoms with E-state index < -0.39 is 255 Å². The summed E-state index contributed by atoms with van der Waals surface area (Å²) in [4.78, 5) is 42.8. The van der Waals surface area contributed by atoms with Crippen molar-refractivity contribution in [3.05, 3.63) is 11.6 Å². The summed E-state index contributed by atoms with van der Waals surface area (Å²) in [5.74, 6) is -3.92. The summed E-state index contributed by atoms with van der Waals surface area (Å²) >= 11 is 0. The number of esters is 1. The Hall–Kier alpha value is -2.73. The number of aliphatic hydroxyl groups excluding tert-OH is 16. The molecule has 17 N–H and O–H groups in total. The van der Waals surface area contributed by atoms with Crippen LogP contribution in [0.3, 0.4) is 0 Å². The van der Waals surface area contributed by atoms with E-state index in [2.05, 4.69) is 40.7 Å². The molecular weight excluding hydrogens is 1280 g/mol. The van der Waals surface area contributed by atoms with E-state index in [0.29, 0.717) is 38.5 Å². The zero-order valence-corrected chi connectivity index (χ0v) is 54.9. The molecule has 0 amide bonds. The van der Waals surface area contributed by atoms with Crippen LogP contribution in [-0.4, -0.2) is 309 Å².